The lowest BCUT2D eigenvalue weighted by Gasteiger charge is -2.33. The van der Waals surface area contributed by atoms with Crippen molar-refractivity contribution in [2.45, 2.75) is 44.7 Å². The van der Waals surface area contributed by atoms with Crippen molar-refractivity contribution in [2.75, 3.05) is 13.1 Å². The molecule has 7 heteroatoms. The van der Waals surface area contributed by atoms with Crippen LogP contribution in [0.15, 0.2) is 24.9 Å². The van der Waals surface area contributed by atoms with Gasteiger partial charge in [-0.1, -0.05) is 0 Å². The Balaban J connectivity index is 1.36. The first kappa shape index (κ1) is 15.6. The van der Waals surface area contributed by atoms with E-state index < -0.39 is 0 Å². The number of hydrogen-bond acceptors (Lipinski definition) is 4. The smallest absolute Gasteiger partial charge is 0.317 e. The number of thiazole rings is 1. The molecule has 0 spiro atoms. The number of piperidine rings is 1. The van der Waals surface area contributed by atoms with Crippen molar-refractivity contribution in [3.05, 3.63) is 34.8 Å². The van der Waals surface area contributed by atoms with Gasteiger partial charge in [-0.15, -0.1) is 11.3 Å². The molecule has 1 saturated carbocycles. The SMILES string of the molecule is Cc1cnc([C@@H](NC(=O)N2CCC(n3ccnc3)CC2)C2CC2)s1. The van der Waals surface area contributed by atoms with E-state index in [1.165, 1.54) is 17.7 Å². The lowest BCUT2D eigenvalue weighted by molar-refractivity contribution is 0.167. The van der Waals surface area contributed by atoms with Crippen LogP contribution in [0.1, 0.15) is 47.7 Å². The highest BCUT2D eigenvalue weighted by Crippen LogP contribution is 2.42. The quantitative estimate of drug-likeness (QED) is 0.926. The van der Waals surface area contributed by atoms with Gasteiger partial charge in [-0.25, -0.2) is 14.8 Å². The predicted octanol–water partition coefficient (Wildman–Crippen LogP) is 3.15. The maximum Gasteiger partial charge on any atom is 0.317 e. The minimum atomic E-state index is 0.0591. The highest BCUT2D eigenvalue weighted by molar-refractivity contribution is 7.11. The van der Waals surface area contributed by atoms with Crippen molar-refractivity contribution in [1.29, 1.82) is 0 Å². The Morgan fingerprint density at radius 2 is 2.12 bits per heavy atom. The van der Waals surface area contributed by atoms with Gasteiger partial charge in [-0.05, 0) is 38.5 Å². The van der Waals surface area contributed by atoms with Gasteiger partial charge in [0, 0.05) is 42.6 Å². The molecule has 0 bridgehead atoms. The normalized spacial score (nSPS) is 20.1. The summed E-state index contributed by atoms with van der Waals surface area (Å²) in [6.45, 7) is 3.65. The Morgan fingerprint density at radius 3 is 2.71 bits per heavy atom. The van der Waals surface area contributed by atoms with Crippen molar-refractivity contribution in [1.82, 2.24) is 24.8 Å². The number of rotatable bonds is 4. The molecule has 3 heterocycles. The molecule has 4 rings (SSSR count). The third-order valence-electron chi connectivity index (χ3n) is 4.98. The number of aryl methyl sites for hydroxylation is 1. The summed E-state index contributed by atoms with van der Waals surface area (Å²) in [5.41, 5.74) is 0. The third-order valence-corrected chi connectivity index (χ3v) is 5.97. The van der Waals surface area contributed by atoms with Gasteiger partial charge in [0.1, 0.15) is 5.01 Å². The topological polar surface area (TPSA) is 63.1 Å². The molecule has 2 amide bonds. The summed E-state index contributed by atoms with van der Waals surface area (Å²) < 4.78 is 2.15. The molecule has 1 aliphatic carbocycles. The van der Waals surface area contributed by atoms with Crippen LogP contribution < -0.4 is 5.32 Å². The molecular weight excluding hydrogens is 322 g/mol. The van der Waals surface area contributed by atoms with Crippen molar-refractivity contribution >= 4 is 17.4 Å². The third kappa shape index (κ3) is 3.31. The standard InChI is InChI=1S/C17H23N5OS/c1-12-10-19-16(24-12)15(13-2-3-13)20-17(23)21-7-4-14(5-8-21)22-9-6-18-11-22/h6,9-11,13-15H,2-5,7-8H2,1H3,(H,20,23)/t15-/m0/s1. The predicted molar refractivity (Wildman–Crippen MR) is 92.9 cm³/mol. The van der Waals surface area contributed by atoms with Gasteiger partial charge in [0.2, 0.25) is 0 Å². The van der Waals surface area contributed by atoms with E-state index in [1.807, 2.05) is 29.8 Å². The van der Waals surface area contributed by atoms with Gasteiger partial charge in [0.15, 0.2) is 0 Å². The Labute approximate surface area is 145 Å². The molecule has 1 N–H and O–H groups in total. The second-order valence-corrected chi connectivity index (χ2v) is 8.07. The summed E-state index contributed by atoms with van der Waals surface area (Å²) in [5.74, 6) is 0.558. The number of carbonyl (C=O) groups is 1. The van der Waals surface area contributed by atoms with E-state index in [0.717, 1.165) is 30.9 Å². The number of aromatic nitrogens is 3. The first-order chi connectivity index (χ1) is 11.7. The lowest BCUT2D eigenvalue weighted by Crippen LogP contribution is -2.46. The minimum absolute atomic E-state index is 0.0591. The van der Waals surface area contributed by atoms with Crippen molar-refractivity contribution < 1.29 is 4.79 Å². The average Bonchev–Trinajstić information content (AvgIpc) is 3.10. The molecule has 1 aliphatic heterocycles. The van der Waals surface area contributed by atoms with E-state index >= 15 is 0 Å². The van der Waals surface area contributed by atoms with E-state index in [4.69, 9.17) is 0 Å². The van der Waals surface area contributed by atoms with Gasteiger partial charge < -0.3 is 14.8 Å². The van der Waals surface area contributed by atoms with Crippen LogP contribution in [0.5, 0.6) is 0 Å². The molecule has 2 aromatic heterocycles. The Bertz CT molecular complexity index is 686. The van der Waals surface area contributed by atoms with Crippen LogP contribution in [0.2, 0.25) is 0 Å². The molecule has 0 aromatic carbocycles. The summed E-state index contributed by atoms with van der Waals surface area (Å²) in [6.07, 6.45) is 11.9. The maximum atomic E-state index is 12.7. The van der Waals surface area contributed by atoms with Crippen LogP contribution in [-0.2, 0) is 0 Å². The molecule has 24 heavy (non-hydrogen) atoms. The molecule has 0 unspecified atom stereocenters. The zero-order chi connectivity index (χ0) is 16.5. The van der Waals surface area contributed by atoms with Crippen LogP contribution >= 0.6 is 11.3 Å². The van der Waals surface area contributed by atoms with Gasteiger partial charge >= 0.3 is 6.03 Å². The maximum absolute atomic E-state index is 12.7. The first-order valence-electron chi connectivity index (χ1n) is 8.66. The fourth-order valence-electron chi connectivity index (χ4n) is 3.40. The minimum Gasteiger partial charge on any atom is -0.334 e. The number of hydrogen-bond donors (Lipinski definition) is 1. The Kier molecular flexibility index (Phi) is 4.26. The number of nitrogens with zero attached hydrogens (tertiary/aromatic N) is 4. The first-order valence-corrected chi connectivity index (χ1v) is 9.47. The number of urea groups is 1. The monoisotopic (exact) mass is 345 g/mol. The van der Waals surface area contributed by atoms with Crippen molar-refractivity contribution in [3.63, 3.8) is 0 Å². The average molecular weight is 345 g/mol. The Morgan fingerprint density at radius 1 is 1.33 bits per heavy atom. The molecule has 128 valence electrons. The number of amides is 2. The number of likely N-dealkylation sites (tertiary alicyclic amines) is 1. The molecule has 2 fully saturated rings. The van der Waals surface area contributed by atoms with Crippen LogP contribution in [0, 0.1) is 12.8 Å². The molecule has 2 aromatic rings. The summed E-state index contributed by atoms with van der Waals surface area (Å²) in [4.78, 5) is 24.4. The van der Waals surface area contributed by atoms with Crippen LogP contribution in [0.25, 0.3) is 0 Å². The van der Waals surface area contributed by atoms with Gasteiger partial charge in [-0.2, -0.15) is 0 Å². The summed E-state index contributed by atoms with van der Waals surface area (Å²) in [5, 5.41) is 4.30. The lowest BCUT2D eigenvalue weighted by atomic mass is 10.1. The van der Waals surface area contributed by atoms with E-state index in [1.54, 1.807) is 11.3 Å². The largest absolute Gasteiger partial charge is 0.334 e. The summed E-state index contributed by atoms with van der Waals surface area (Å²) in [6, 6.07) is 0.601. The highest BCUT2D eigenvalue weighted by atomic mass is 32.1. The zero-order valence-corrected chi connectivity index (χ0v) is 14.7. The number of nitrogens with one attached hydrogen (secondary N) is 1. The van der Waals surface area contributed by atoms with E-state index in [2.05, 4.69) is 26.8 Å². The van der Waals surface area contributed by atoms with Gasteiger partial charge in [0.05, 0.1) is 12.4 Å². The molecular formula is C17H23N5OS. The van der Waals surface area contributed by atoms with Crippen LogP contribution in [-0.4, -0.2) is 38.6 Å². The second kappa shape index (κ2) is 6.55. The van der Waals surface area contributed by atoms with Crippen LogP contribution in [0.4, 0.5) is 4.79 Å². The molecule has 1 atom stereocenters. The molecule has 0 radical (unpaired) electrons. The molecule has 2 aliphatic rings. The van der Waals surface area contributed by atoms with Crippen molar-refractivity contribution in [2.24, 2.45) is 5.92 Å². The van der Waals surface area contributed by atoms with Crippen molar-refractivity contribution in [3.8, 4) is 0 Å². The zero-order valence-electron chi connectivity index (χ0n) is 13.9. The molecule has 1 saturated heterocycles. The van der Waals surface area contributed by atoms with E-state index in [9.17, 15) is 4.79 Å². The second-order valence-electron chi connectivity index (χ2n) is 6.80. The van der Waals surface area contributed by atoms with E-state index in [-0.39, 0.29) is 12.1 Å². The van der Waals surface area contributed by atoms with E-state index in [0.29, 0.717) is 12.0 Å². The highest BCUT2D eigenvalue weighted by Gasteiger charge is 2.36. The summed E-state index contributed by atoms with van der Waals surface area (Å²) >= 11 is 1.70. The van der Waals surface area contributed by atoms with Gasteiger partial charge in [-0.3, -0.25) is 0 Å². The fraction of sp³-hybridized carbons (Fsp3) is 0.588. The Hall–Kier alpha value is -1.89. The van der Waals surface area contributed by atoms with Gasteiger partial charge in [0.25, 0.3) is 0 Å². The number of imidazole rings is 1. The number of carbonyl (C=O) groups excluding carboxylic acids is 1. The fourth-order valence-corrected chi connectivity index (χ4v) is 4.32. The van der Waals surface area contributed by atoms with Crippen LogP contribution in [0.3, 0.4) is 0 Å². The summed E-state index contributed by atoms with van der Waals surface area (Å²) in [7, 11) is 0. The molecule has 6 nitrogen and oxygen atoms in total.